The lowest BCUT2D eigenvalue weighted by Crippen LogP contribution is -2.62. The van der Waals surface area contributed by atoms with Gasteiger partial charge in [0.1, 0.15) is 21.5 Å². The molecule has 1 amide bonds. The van der Waals surface area contributed by atoms with E-state index in [1.807, 2.05) is 39.5 Å². The van der Waals surface area contributed by atoms with Crippen molar-refractivity contribution in [2.75, 3.05) is 17.2 Å². The molecule has 0 saturated carbocycles. The highest BCUT2D eigenvalue weighted by Crippen LogP contribution is 2.43. The third kappa shape index (κ3) is 4.60. The van der Waals surface area contributed by atoms with Crippen molar-refractivity contribution in [2.24, 2.45) is 0 Å². The summed E-state index contributed by atoms with van der Waals surface area (Å²) in [5.41, 5.74) is 0.415. The van der Waals surface area contributed by atoms with E-state index >= 15 is 4.39 Å². The average Bonchev–Trinajstić information content (AvgIpc) is 3.03. The first-order valence-corrected chi connectivity index (χ1v) is 13.4. The maximum Gasteiger partial charge on any atom is 0.410 e. The molecule has 2 aliphatic heterocycles. The SMILES string of the molecule is C=C(C)[C@@H]1[C@@H]2CC[C@H](CN1c1nc(SCC)nc3c(F)c(Cl)nc(Br)c13)N2C(=O)OC(C)(C)C. The van der Waals surface area contributed by atoms with Gasteiger partial charge in [-0.05, 0) is 62.2 Å². The number of pyridine rings is 1. The standard InChI is InChI=1S/C23H28BrClFN5O2S/c1-7-34-21-27-16-14(18(24)28-19(25)15(16)26)20(29-21)30-10-12-8-9-13(17(30)11(2)3)31(12)22(32)33-23(4,5)6/h12-13,17H,2,7-10H2,1,3-6H3/t12-,13+,17-/m1/s1. The second kappa shape index (κ2) is 9.43. The van der Waals surface area contributed by atoms with Crippen LogP contribution in [0.4, 0.5) is 15.0 Å². The van der Waals surface area contributed by atoms with E-state index < -0.39 is 11.4 Å². The molecule has 11 heteroatoms. The molecule has 0 aliphatic carbocycles. The van der Waals surface area contributed by atoms with Crippen molar-refractivity contribution in [1.29, 1.82) is 0 Å². The normalized spacial score (nSPS) is 22.4. The third-order valence-electron chi connectivity index (χ3n) is 5.97. The first-order valence-electron chi connectivity index (χ1n) is 11.2. The maximum atomic E-state index is 15.1. The number of carbonyl (C=O) groups excluding carboxylic acids is 1. The monoisotopic (exact) mass is 571 g/mol. The van der Waals surface area contributed by atoms with Crippen molar-refractivity contribution < 1.29 is 13.9 Å². The summed E-state index contributed by atoms with van der Waals surface area (Å²) >= 11 is 10.9. The molecule has 0 radical (unpaired) electrons. The van der Waals surface area contributed by atoms with Crippen LogP contribution in [0.2, 0.25) is 5.15 Å². The number of aromatic nitrogens is 3. The Labute approximate surface area is 216 Å². The third-order valence-corrected chi connectivity index (χ3v) is 7.52. The molecule has 7 nitrogen and oxygen atoms in total. The number of hydrogen-bond donors (Lipinski definition) is 0. The van der Waals surface area contributed by atoms with Crippen LogP contribution in [-0.4, -0.2) is 62.0 Å². The van der Waals surface area contributed by atoms with Gasteiger partial charge in [-0.1, -0.05) is 42.4 Å². The summed E-state index contributed by atoms with van der Waals surface area (Å²) in [6, 6.07) is -0.427. The summed E-state index contributed by atoms with van der Waals surface area (Å²) in [6.07, 6.45) is 1.34. The van der Waals surface area contributed by atoms with E-state index in [-0.39, 0.29) is 34.9 Å². The molecule has 184 valence electrons. The maximum absolute atomic E-state index is 15.1. The van der Waals surface area contributed by atoms with Crippen molar-refractivity contribution in [3.05, 3.63) is 27.7 Å². The molecule has 4 heterocycles. The van der Waals surface area contributed by atoms with Gasteiger partial charge in [0.2, 0.25) is 0 Å². The molecule has 34 heavy (non-hydrogen) atoms. The van der Waals surface area contributed by atoms with E-state index in [9.17, 15) is 4.79 Å². The van der Waals surface area contributed by atoms with Gasteiger partial charge >= 0.3 is 6.09 Å². The first kappa shape index (κ1) is 25.4. The van der Waals surface area contributed by atoms with Gasteiger partial charge < -0.3 is 9.64 Å². The molecule has 0 unspecified atom stereocenters. The van der Waals surface area contributed by atoms with E-state index in [0.717, 1.165) is 24.2 Å². The number of piperazine rings is 1. The number of nitrogens with zero attached hydrogens (tertiary/aromatic N) is 5. The Bertz CT molecular complexity index is 1160. The Morgan fingerprint density at radius 1 is 1.32 bits per heavy atom. The van der Waals surface area contributed by atoms with Crippen molar-refractivity contribution in [1.82, 2.24) is 19.9 Å². The highest BCUT2D eigenvalue weighted by molar-refractivity contribution is 9.10. The van der Waals surface area contributed by atoms with Crippen LogP contribution in [0, 0.1) is 5.82 Å². The van der Waals surface area contributed by atoms with Gasteiger partial charge in [0.15, 0.2) is 16.1 Å². The lowest BCUT2D eigenvalue weighted by molar-refractivity contribution is 0.00913. The number of carbonyl (C=O) groups is 1. The molecule has 2 aromatic heterocycles. The summed E-state index contributed by atoms with van der Waals surface area (Å²) in [7, 11) is 0. The zero-order valence-electron chi connectivity index (χ0n) is 19.9. The van der Waals surface area contributed by atoms with Crippen LogP contribution in [0.3, 0.4) is 0 Å². The lowest BCUT2D eigenvalue weighted by Gasteiger charge is -2.48. The highest BCUT2D eigenvalue weighted by atomic mass is 79.9. The Hall–Kier alpha value is -1.65. The molecule has 2 aromatic rings. The minimum atomic E-state index is -0.677. The summed E-state index contributed by atoms with van der Waals surface area (Å²) in [4.78, 5) is 30.5. The molecule has 2 saturated heterocycles. The fourth-order valence-corrected chi connectivity index (χ4v) is 6.21. The summed E-state index contributed by atoms with van der Waals surface area (Å²) < 4.78 is 21.2. The summed E-state index contributed by atoms with van der Waals surface area (Å²) in [6.45, 7) is 14.3. The van der Waals surface area contributed by atoms with E-state index in [0.29, 0.717) is 27.5 Å². The molecule has 3 atom stereocenters. The number of rotatable bonds is 4. The molecule has 0 N–H and O–H groups in total. The zero-order chi connectivity index (χ0) is 24.9. The van der Waals surface area contributed by atoms with Crippen molar-refractivity contribution in [2.45, 2.75) is 76.3 Å². The van der Waals surface area contributed by atoms with Gasteiger partial charge in [0, 0.05) is 6.54 Å². The fourth-order valence-electron chi connectivity index (χ4n) is 4.83. The molecule has 0 aromatic carbocycles. The predicted octanol–water partition coefficient (Wildman–Crippen LogP) is 6.22. The van der Waals surface area contributed by atoms with E-state index in [2.05, 4.69) is 37.4 Å². The molecule has 4 rings (SSSR count). The largest absolute Gasteiger partial charge is 0.444 e. The molecular formula is C23H28BrClFN5O2S. The molecule has 2 bridgehead atoms. The minimum absolute atomic E-state index is 0.0633. The summed E-state index contributed by atoms with van der Waals surface area (Å²) in [5.74, 6) is 0.613. The van der Waals surface area contributed by atoms with Gasteiger partial charge in [-0.25, -0.2) is 24.1 Å². The number of ether oxygens (including phenoxy) is 1. The minimum Gasteiger partial charge on any atom is -0.444 e. The number of fused-ring (bicyclic) bond motifs is 3. The highest BCUT2D eigenvalue weighted by Gasteiger charge is 2.50. The van der Waals surface area contributed by atoms with Crippen LogP contribution >= 0.6 is 39.3 Å². The Kier molecular flexibility index (Phi) is 7.05. The number of thioether (sulfide) groups is 1. The van der Waals surface area contributed by atoms with E-state index in [1.54, 1.807) is 0 Å². The van der Waals surface area contributed by atoms with Crippen LogP contribution in [0.1, 0.15) is 47.5 Å². The second-order valence-electron chi connectivity index (χ2n) is 9.62. The number of anilines is 1. The Morgan fingerprint density at radius 2 is 2.03 bits per heavy atom. The topological polar surface area (TPSA) is 71.5 Å². The van der Waals surface area contributed by atoms with Crippen molar-refractivity contribution in [3.63, 3.8) is 0 Å². The Morgan fingerprint density at radius 3 is 2.65 bits per heavy atom. The van der Waals surface area contributed by atoms with Gasteiger partial charge in [-0.15, -0.1) is 0 Å². The number of amides is 1. The van der Waals surface area contributed by atoms with Gasteiger partial charge in [0.25, 0.3) is 0 Å². The van der Waals surface area contributed by atoms with Gasteiger partial charge in [0.05, 0.1) is 23.5 Å². The average molecular weight is 573 g/mol. The van der Waals surface area contributed by atoms with E-state index in [1.165, 1.54) is 11.8 Å². The number of halogens is 3. The van der Waals surface area contributed by atoms with Crippen molar-refractivity contribution in [3.8, 4) is 0 Å². The van der Waals surface area contributed by atoms with E-state index in [4.69, 9.17) is 21.3 Å². The quantitative estimate of drug-likeness (QED) is 0.186. The van der Waals surface area contributed by atoms with Gasteiger partial charge in [-0.2, -0.15) is 0 Å². The van der Waals surface area contributed by atoms with Crippen LogP contribution < -0.4 is 4.90 Å². The lowest BCUT2D eigenvalue weighted by atomic mass is 9.96. The first-order chi connectivity index (χ1) is 15.9. The van der Waals surface area contributed by atoms with Crippen LogP contribution in [0.25, 0.3) is 10.9 Å². The predicted molar refractivity (Wildman–Crippen MR) is 137 cm³/mol. The smallest absolute Gasteiger partial charge is 0.410 e. The van der Waals surface area contributed by atoms with Gasteiger partial charge in [-0.3, -0.25) is 4.90 Å². The number of hydrogen-bond acceptors (Lipinski definition) is 7. The molecular weight excluding hydrogens is 545 g/mol. The van der Waals surface area contributed by atoms with Crippen LogP contribution in [0.15, 0.2) is 21.9 Å². The molecule has 2 aliphatic rings. The second-order valence-corrected chi connectivity index (χ2v) is 12.0. The molecule has 2 fully saturated rings. The van der Waals surface area contributed by atoms with Crippen molar-refractivity contribution >= 4 is 62.1 Å². The van der Waals surface area contributed by atoms with Crippen LogP contribution in [-0.2, 0) is 4.74 Å². The molecule has 0 spiro atoms. The summed E-state index contributed by atoms with van der Waals surface area (Å²) in [5, 5.41) is 0.668. The fraction of sp³-hybridized carbons (Fsp3) is 0.565. The Balaban J connectivity index is 1.85. The van der Waals surface area contributed by atoms with Crippen LogP contribution in [0.5, 0.6) is 0 Å². The zero-order valence-corrected chi connectivity index (χ0v) is 23.0.